The summed E-state index contributed by atoms with van der Waals surface area (Å²) < 4.78 is 0. The molecule has 21 heavy (non-hydrogen) atoms. The summed E-state index contributed by atoms with van der Waals surface area (Å²) in [5.74, 6) is 0.109. The first-order chi connectivity index (χ1) is 10.2. The Hall–Kier alpha value is -2.36. The van der Waals surface area contributed by atoms with E-state index in [0.717, 1.165) is 10.8 Å². The first-order valence-electron chi connectivity index (χ1n) is 7.18. The van der Waals surface area contributed by atoms with Gasteiger partial charge in [-0.3, -0.25) is 9.59 Å². The zero-order chi connectivity index (χ0) is 14.8. The molecule has 2 aromatic carbocycles. The van der Waals surface area contributed by atoms with Gasteiger partial charge in [-0.2, -0.15) is 0 Å². The molecule has 0 spiro atoms. The standard InChI is InChI=1S/C17H18N2O2/c1-18-11-12-19(10-9-16(18)20)17(21)15-8-4-6-13-5-2-3-7-14(13)15/h2-8H,9-12H2,1H3. The highest BCUT2D eigenvalue weighted by Crippen LogP contribution is 2.20. The lowest BCUT2D eigenvalue weighted by Crippen LogP contribution is -2.34. The molecule has 0 saturated carbocycles. The molecule has 1 saturated heterocycles. The van der Waals surface area contributed by atoms with E-state index in [1.54, 1.807) is 16.8 Å². The van der Waals surface area contributed by atoms with Crippen LogP contribution in [0.2, 0.25) is 0 Å². The van der Waals surface area contributed by atoms with Crippen LogP contribution in [0.5, 0.6) is 0 Å². The predicted molar refractivity (Wildman–Crippen MR) is 82.1 cm³/mol. The summed E-state index contributed by atoms with van der Waals surface area (Å²) in [7, 11) is 1.79. The van der Waals surface area contributed by atoms with Gasteiger partial charge in [0.15, 0.2) is 0 Å². The van der Waals surface area contributed by atoms with E-state index in [1.807, 2.05) is 42.5 Å². The second-order valence-electron chi connectivity index (χ2n) is 5.38. The van der Waals surface area contributed by atoms with Crippen LogP contribution in [-0.4, -0.2) is 48.3 Å². The highest BCUT2D eigenvalue weighted by Gasteiger charge is 2.23. The molecule has 2 aromatic rings. The van der Waals surface area contributed by atoms with Gasteiger partial charge in [-0.05, 0) is 16.8 Å². The summed E-state index contributed by atoms with van der Waals surface area (Å²) in [6.45, 7) is 1.67. The average molecular weight is 282 g/mol. The van der Waals surface area contributed by atoms with E-state index in [0.29, 0.717) is 31.6 Å². The highest BCUT2D eigenvalue weighted by molar-refractivity contribution is 6.07. The second-order valence-corrected chi connectivity index (χ2v) is 5.38. The van der Waals surface area contributed by atoms with Gasteiger partial charge in [0.25, 0.3) is 5.91 Å². The summed E-state index contributed by atoms with van der Waals surface area (Å²) in [4.78, 5) is 28.0. The van der Waals surface area contributed by atoms with Crippen molar-refractivity contribution >= 4 is 22.6 Å². The van der Waals surface area contributed by atoms with E-state index in [1.165, 1.54) is 0 Å². The Kier molecular flexibility index (Phi) is 3.60. The second kappa shape index (κ2) is 5.56. The van der Waals surface area contributed by atoms with Crippen LogP contribution < -0.4 is 0 Å². The number of amides is 2. The van der Waals surface area contributed by atoms with Crippen molar-refractivity contribution in [2.24, 2.45) is 0 Å². The van der Waals surface area contributed by atoms with Crippen molar-refractivity contribution in [3.63, 3.8) is 0 Å². The fourth-order valence-electron chi connectivity index (χ4n) is 2.71. The van der Waals surface area contributed by atoms with E-state index in [2.05, 4.69) is 0 Å². The first-order valence-corrected chi connectivity index (χ1v) is 7.18. The van der Waals surface area contributed by atoms with Crippen LogP contribution in [-0.2, 0) is 4.79 Å². The maximum Gasteiger partial charge on any atom is 0.254 e. The Morgan fingerprint density at radius 1 is 1.00 bits per heavy atom. The summed E-state index contributed by atoms with van der Waals surface area (Å²) in [5.41, 5.74) is 0.713. The lowest BCUT2D eigenvalue weighted by molar-refractivity contribution is -0.129. The molecule has 0 aromatic heterocycles. The first kappa shape index (κ1) is 13.6. The SMILES string of the molecule is CN1CCN(C(=O)c2cccc3ccccc23)CCC1=O. The Morgan fingerprint density at radius 3 is 2.62 bits per heavy atom. The van der Waals surface area contributed by atoms with Gasteiger partial charge in [-0.25, -0.2) is 0 Å². The van der Waals surface area contributed by atoms with Gasteiger partial charge in [0.05, 0.1) is 0 Å². The molecule has 4 nitrogen and oxygen atoms in total. The highest BCUT2D eigenvalue weighted by atomic mass is 16.2. The van der Waals surface area contributed by atoms with Crippen LogP contribution in [0, 0.1) is 0 Å². The van der Waals surface area contributed by atoms with Crippen molar-refractivity contribution in [2.75, 3.05) is 26.7 Å². The number of hydrogen-bond donors (Lipinski definition) is 0. The molecular weight excluding hydrogens is 264 g/mol. The Balaban J connectivity index is 1.92. The quantitative estimate of drug-likeness (QED) is 0.804. The minimum absolute atomic E-state index is 0.00917. The molecule has 0 unspecified atom stereocenters. The van der Waals surface area contributed by atoms with Gasteiger partial charge in [0, 0.05) is 38.7 Å². The lowest BCUT2D eigenvalue weighted by atomic mass is 10.0. The van der Waals surface area contributed by atoms with Crippen molar-refractivity contribution < 1.29 is 9.59 Å². The van der Waals surface area contributed by atoms with E-state index >= 15 is 0 Å². The van der Waals surface area contributed by atoms with Crippen LogP contribution in [0.15, 0.2) is 42.5 Å². The summed E-state index contributed by atoms with van der Waals surface area (Å²) in [5, 5.41) is 2.03. The number of nitrogens with zero attached hydrogens (tertiary/aromatic N) is 2. The van der Waals surface area contributed by atoms with E-state index in [-0.39, 0.29) is 11.8 Å². The lowest BCUT2D eigenvalue weighted by Gasteiger charge is -2.21. The van der Waals surface area contributed by atoms with Crippen molar-refractivity contribution in [3.05, 3.63) is 48.0 Å². The topological polar surface area (TPSA) is 40.6 Å². The minimum atomic E-state index is 0.00917. The summed E-state index contributed by atoms with van der Waals surface area (Å²) in [6, 6.07) is 13.7. The number of likely N-dealkylation sites (N-methyl/N-ethyl adjacent to an activating group) is 1. The smallest absolute Gasteiger partial charge is 0.254 e. The van der Waals surface area contributed by atoms with Gasteiger partial charge in [0.2, 0.25) is 5.91 Å². The summed E-state index contributed by atoms with van der Waals surface area (Å²) >= 11 is 0. The van der Waals surface area contributed by atoms with Gasteiger partial charge in [-0.15, -0.1) is 0 Å². The number of carbonyl (C=O) groups excluding carboxylic acids is 2. The third kappa shape index (κ3) is 2.61. The van der Waals surface area contributed by atoms with Crippen molar-refractivity contribution in [1.29, 1.82) is 0 Å². The fourth-order valence-corrected chi connectivity index (χ4v) is 2.71. The molecule has 0 radical (unpaired) electrons. The van der Waals surface area contributed by atoms with Crippen LogP contribution in [0.25, 0.3) is 10.8 Å². The Labute approximate surface area is 124 Å². The van der Waals surface area contributed by atoms with Crippen molar-refractivity contribution in [3.8, 4) is 0 Å². The van der Waals surface area contributed by atoms with Crippen molar-refractivity contribution in [2.45, 2.75) is 6.42 Å². The number of carbonyl (C=O) groups is 2. The third-order valence-electron chi connectivity index (χ3n) is 4.03. The number of fused-ring (bicyclic) bond motifs is 1. The van der Waals surface area contributed by atoms with Gasteiger partial charge >= 0.3 is 0 Å². The minimum Gasteiger partial charge on any atom is -0.344 e. The molecule has 1 heterocycles. The van der Waals surface area contributed by atoms with Gasteiger partial charge < -0.3 is 9.80 Å². The molecule has 0 N–H and O–H groups in total. The predicted octanol–water partition coefficient (Wildman–Crippen LogP) is 2.14. The monoisotopic (exact) mass is 282 g/mol. The largest absolute Gasteiger partial charge is 0.344 e. The summed E-state index contributed by atoms with van der Waals surface area (Å²) in [6.07, 6.45) is 0.396. The molecule has 0 bridgehead atoms. The fraction of sp³-hybridized carbons (Fsp3) is 0.294. The molecule has 108 valence electrons. The van der Waals surface area contributed by atoms with Crippen LogP contribution >= 0.6 is 0 Å². The third-order valence-corrected chi connectivity index (χ3v) is 4.03. The van der Waals surface area contributed by atoms with E-state index < -0.39 is 0 Å². The normalized spacial score (nSPS) is 16.1. The molecule has 1 aliphatic rings. The molecule has 4 heteroatoms. The van der Waals surface area contributed by atoms with Crippen LogP contribution in [0.4, 0.5) is 0 Å². The maximum absolute atomic E-state index is 12.8. The number of hydrogen-bond acceptors (Lipinski definition) is 2. The van der Waals surface area contributed by atoms with E-state index in [4.69, 9.17) is 0 Å². The number of rotatable bonds is 1. The molecule has 3 rings (SSSR count). The molecule has 1 aliphatic heterocycles. The van der Waals surface area contributed by atoms with Crippen LogP contribution in [0.3, 0.4) is 0 Å². The number of benzene rings is 2. The molecule has 0 atom stereocenters. The maximum atomic E-state index is 12.8. The zero-order valence-corrected chi connectivity index (χ0v) is 12.1. The average Bonchev–Trinajstić information content (AvgIpc) is 2.69. The molecule has 1 fully saturated rings. The van der Waals surface area contributed by atoms with E-state index in [9.17, 15) is 9.59 Å². The molecular formula is C17H18N2O2. The Bertz CT molecular complexity index is 691. The Morgan fingerprint density at radius 2 is 1.76 bits per heavy atom. The molecule has 0 aliphatic carbocycles. The van der Waals surface area contributed by atoms with Crippen LogP contribution in [0.1, 0.15) is 16.8 Å². The zero-order valence-electron chi connectivity index (χ0n) is 12.1. The molecule has 2 amide bonds. The van der Waals surface area contributed by atoms with Crippen molar-refractivity contribution in [1.82, 2.24) is 9.80 Å². The van der Waals surface area contributed by atoms with Gasteiger partial charge in [0.1, 0.15) is 0 Å². The van der Waals surface area contributed by atoms with Gasteiger partial charge in [-0.1, -0.05) is 36.4 Å².